The van der Waals surface area contributed by atoms with Crippen LogP contribution in [0.5, 0.6) is 0 Å². The van der Waals surface area contributed by atoms with Crippen molar-refractivity contribution in [3.05, 3.63) is 57.0 Å². The lowest BCUT2D eigenvalue weighted by molar-refractivity contribution is 0.0954. The number of sulfonamides is 1. The first-order valence-corrected chi connectivity index (χ1v) is 12.0. The van der Waals surface area contributed by atoms with Crippen molar-refractivity contribution in [3.63, 3.8) is 0 Å². The number of hydrogen-bond donors (Lipinski definition) is 2. The molecule has 0 saturated heterocycles. The number of benzene rings is 1. The molecular weight excluding hydrogens is 424 g/mol. The summed E-state index contributed by atoms with van der Waals surface area (Å²) < 4.78 is 24.2. The van der Waals surface area contributed by atoms with Crippen molar-refractivity contribution in [2.75, 3.05) is 0 Å². The van der Waals surface area contributed by atoms with Gasteiger partial charge in [-0.05, 0) is 36.6 Å². The predicted molar refractivity (Wildman–Crippen MR) is 117 cm³/mol. The van der Waals surface area contributed by atoms with E-state index in [-0.39, 0.29) is 22.9 Å². The Hall–Kier alpha value is -2.56. The quantitative estimate of drug-likeness (QED) is 0.513. The van der Waals surface area contributed by atoms with Gasteiger partial charge in [0.1, 0.15) is 4.83 Å². The second-order valence-electron chi connectivity index (χ2n) is 7.06. The number of aromatic nitrogens is 2. The van der Waals surface area contributed by atoms with Gasteiger partial charge in [0.15, 0.2) is 0 Å². The Balaban J connectivity index is 1.77. The molecule has 0 saturated carbocycles. The molecule has 8 nitrogen and oxygen atoms in total. The lowest BCUT2D eigenvalue weighted by Gasteiger charge is -2.06. The number of carbonyl (C=O) groups is 1. The zero-order valence-corrected chi connectivity index (χ0v) is 18.5. The zero-order chi connectivity index (χ0) is 21.9. The highest BCUT2D eigenvalue weighted by Gasteiger charge is 2.19. The maximum Gasteiger partial charge on any atom is 0.262 e. The number of nitrogens with zero attached hydrogens (tertiary/aromatic N) is 2. The van der Waals surface area contributed by atoms with Crippen molar-refractivity contribution in [1.29, 1.82) is 0 Å². The van der Waals surface area contributed by atoms with Crippen LogP contribution in [-0.4, -0.2) is 23.9 Å². The number of carbonyl (C=O) groups excluding carboxylic acids is 1. The number of unbranched alkanes of at least 4 members (excludes halogenated alkanes) is 2. The Kier molecular flexibility index (Phi) is 6.69. The summed E-state index contributed by atoms with van der Waals surface area (Å²) in [4.78, 5) is 30.9. The summed E-state index contributed by atoms with van der Waals surface area (Å²) in [5, 5.41) is 8.38. The van der Waals surface area contributed by atoms with Gasteiger partial charge in [-0.2, -0.15) is 0 Å². The third-order valence-corrected chi connectivity index (χ3v) is 6.96. The molecule has 2 heterocycles. The van der Waals surface area contributed by atoms with Crippen LogP contribution in [0.2, 0.25) is 0 Å². The molecule has 2 aromatic heterocycles. The Morgan fingerprint density at radius 3 is 2.57 bits per heavy atom. The first-order valence-electron chi connectivity index (χ1n) is 9.61. The highest BCUT2D eigenvalue weighted by atomic mass is 32.2. The van der Waals surface area contributed by atoms with Gasteiger partial charge in [-0.3, -0.25) is 14.2 Å². The van der Waals surface area contributed by atoms with Crippen molar-refractivity contribution in [2.24, 2.45) is 5.14 Å². The molecule has 0 atom stereocenters. The first kappa shape index (κ1) is 22.1. The lowest BCUT2D eigenvalue weighted by Crippen LogP contribution is -2.23. The van der Waals surface area contributed by atoms with E-state index in [2.05, 4.69) is 17.2 Å². The normalized spacial score (nSPS) is 11.7. The molecule has 1 aromatic carbocycles. The fraction of sp³-hybridized carbons (Fsp3) is 0.350. The van der Waals surface area contributed by atoms with Crippen LogP contribution < -0.4 is 16.0 Å². The second kappa shape index (κ2) is 9.07. The minimum Gasteiger partial charge on any atom is -0.347 e. The molecule has 1 amide bonds. The molecule has 10 heteroatoms. The standard InChI is InChI=1S/C20H24N4O4S2/c1-3-4-5-10-24-12-23-19-16(20(24)26)13(2)17(29-19)18(25)22-11-14-6-8-15(9-7-14)30(21,27)28/h6-9,12H,3-5,10-11H2,1-2H3,(H,22,25)(H2,21,27,28). The Bertz CT molecular complexity index is 1230. The van der Waals surface area contributed by atoms with Crippen LogP contribution >= 0.6 is 11.3 Å². The molecule has 3 rings (SSSR count). The Morgan fingerprint density at radius 2 is 1.93 bits per heavy atom. The van der Waals surface area contributed by atoms with Crippen LogP contribution in [0, 0.1) is 6.92 Å². The van der Waals surface area contributed by atoms with Gasteiger partial charge < -0.3 is 5.32 Å². The summed E-state index contributed by atoms with van der Waals surface area (Å²) in [5.74, 6) is -0.303. The van der Waals surface area contributed by atoms with Gasteiger partial charge in [0.25, 0.3) is 11.5 Å². The molecule has 0 fully saturated rings. The average molecular weight is 449 g/mol. The summed E-state index contributed by atoms with van der Waals surface area (Å²) in [6, 6.07) is 5.97. The van der Waals surface area contributed by atoms with E-state index in [0.717, 1.165) is 24.8 Å². The smallest absolute Gasteiger partial charge is 0.262 e. The fourth-order valence-corrected chi connectivity index (χ4v) is 4.70. The monoisotopic (exact) mass is 448 g/mol. The lowest BCUT2D eigenvalue weighted by atomic mass is 10.2. The van der Waals surface area contributed by atoms with Gasteiger partial charge in [-0.15, -0.1) is 11.3 Å². The van der Waals surface area contributed by atoms with Crippen molar-refractivity contribution in [2.45, 2.75) is 51.1 Å². The molecule has 160 valence electrons. The van der Waals surface area contributed by atoms with Crippen LogP contribution in [-0.2, 0) is 23.1 Å². The van der Waals surface area contributed by atoms with E-state index in [1.54, 1.807) is 30.0 Å². The number of amides is 1. The summed E-state index contributed by atoms with van der Waals surface area (Å²) in [7, 11) is -3.75. The van der Waals surface area contributed by atoms with E-state index in [1.165, 1.54) is 23.5 Å². The van der Waals surface area contributed by atoms with Gasteiger partial charge in [-0.25, -0.2) is 18.5 Å². The van der Waals surface area contributed by atoms with Crippen LogP contribution in [0.15, 0.2) is 40.3 Å². The van der Waals surface area contributed by atoms with Crippen molar-refractivity contribution in [1.82, 2.24) is 14.9 Å². The van der Waals surface area contributed by atoms with E-state index in [1.807, 2.05) is 0 Å². The Morgan fingerprint density at radius 1 is 1.23 bits per heavy atom. The Labute approximate surface area is 178 Å². The van der Waals surface area contributed by atoms with Crippen molar-refractivity contribution in [3.8, 4) is 0 Å². The van der Waals surface area contributed by atoms with Crippen molar-refractivity contribution < 1.29 is 13.2 Å². The minimum absolute atomic E-state index is 0.0132. The summed E-state index contributed by atoms with van der Waals surface area (Å²) >= 11 is 1.19. The highest BCUT2D eigenvalue weighted by molar-refractivity contribution is 7.89. The van der Waals surface area contributed by atoms with Crippen LogP contribution in [0.1, 0.15) is 47.0 Å². The summed E-state index contributed by atoms with van der Waals surface area (Å²) in [6.45, 7) is 4.69. The molecule has 30 heavy (non-hydrogen) atoms. The molecule has 0 aliphatic heterocycles. The molecule has 0 unspecified atom stereocenters. The number of hydrogen-bond acceptors (Lipinski definition) is 6. The van der Waals surface area contributed by atoms with Gasteiger partial charge in [0, 0.05) is 13.1 Å². The van der Waals surface area contributed by atoms with E-state index < -0.39 is 10.0 Å². The number of nitrogens with one attached hydrogen (secondary N) is 1. The van der Waals surface area contributed by atoms with E-state index in [9.17, 15) is 18.0 Å². The minimum atomic E-state index is -3.75. The third kappa shape index (κ3) is 4.77. The SMILES string of the molecule is CCCCCn1cnc2sc(C(=O)NCc3ccc(S(N)(=O)=O)cc3)c(C)c2c1=O. The van der Waals surface area contributed by atoms with Gasteiger partial charge in [0.05, 0.1) is 21.5 Å². The first-order chi connectivity index (χ1) is 14.2. The van der Waals surface area contributed by atoms with Gasteiger partial charge >= 0.3 is 0 Å². The van der Waals surface area contributed by atoms with Gasteiger partial charge in [0.2, 0.25) is 10.0 Å². The maximum atomic E-state index is 12.8. The van der Waals surface area contributed by atoms with Crippen LogP contribution in [0.3, 0.4) is 0 Å². The average Bonchev–Trinajstić information content (AvgIpc) is 3.05. The molecular formula is C20H24N4O4S2. The topological polar surface area (TPSA) is 124 Å². The largest absolute Gasteiger partial charge is 0.347 e. The highest BCUT2D eigenvalue weighted by Crippen LogP contribution is 2.26. The van der Waals surface area contributed by atoms with E-state index >= 15 is 0 Å². The molecule has 3 N–H and O–H groups in total. The number of thiophene rings is 1. The van der Waals surface area contributed by atoms with E-state index in [0.29, 0.717) is 27.2 Å². The van der Waals surface area contributed by atoms with Crippen LogP contribution in [0.25, 0.3) is 10.2 Å². The molecule has 0 radical (unpaired) electrons. The number of aryl methyl sites for hydroxylation is 2. The summed E-state index contributed by atoms with van der Waals surface area (Å²) in [5.41, 5.74) is 1.23. The third-order valence-electron chi connectivity index (χ3n) is 4.83. The van der Waals surface area contributed by atoms with Crippen molar-refractivity contribution >= 4 is 37.5 Å². The number of rotatable bonds is 8. The molecule has 0 bridgehead atoms. The number of primary sulfonamides is 1. The molecule has 0 aliphatic carbocycles. The van der Waals surface area contributed by atoms with E-state index in [4.69, 9.17) is 5.14 Å². The number of nitrogens with two attached hydrogens (primary N) is 1. The summed E-state index contributed by atoms with van der Waals surface area (Å²) in [6.07, 6.45) is 4.56. The second-order valence-corrected chi connectivity index (χ2v) is 9.62. The number of fused-ring (bicyclic) bond motifs is 1. The van der Waals surface area contributed by atoms with Gasteiger partial charge in [-0.1, -0.05) is 31.9 Å². The molecule has 0 aliphatic rings. The maximum absolute atomic E-state index is 12.8. The molecule has 0 spiro atoms. The molecule has 3 aromatic rings. The fourth-order valence-electron chi connectivity index (χ4n) is 3.13. The zero-order valence-electron chi connectivity index (χ0n) is 16.8. The predicted octanol–water partition coefficient (Wildman–Crippen LogP) is 2.53. The van der Waals surface area contributed by atoms with Crippen LogP contribution in [0.4, 0.5) is 0 Å².